The molecule has 4 nitrogen and oxygen atoms in total. The van der Waals surface area contributed by atoms with E-state index in [4.69, 9.17) is 27.6 Å². The van der Waals surface area contributed by atoms with Gasteiger partial charge < -0.3 is 4.42 Å². The molecule has 122 valence electrons. The lowest BCUT2D eigenvalue weighted by molar-refractivity contribution is 0.0974. The van der Waals surface area contributed by atoms with Crippen molar-refractivity contribution in [2.75, 3.05) is 4.90 Å². The highest BCUT2D eigenvalue weighted by molar-refractivity contribution is 6.37. The van der Waals surface area contributed by atoms with E-state index >= 15 is 0 Å². The summed E-state index contributed by atoms with van der Waals surface area (Å²) < 4.78 is 5.46. The fraction of sp³-hybridized carbons (Fsp3) is 0.111. The molecule has 0 fully saturated rings. The number of nitrogens with zero attached hydrogens (tertiary/aromatic N) is 2. The van der Waals surface area contributed by atoms with Crippen LogP contribution < -0.4 is 4.90 Å². The molecule has 3 aromatic rings. The SMILES string of the molecule is CC(c1ccco1)N(C(=O)c1ccc(Cl)cc1Cl)c1ccccn1. The molecule has 0 aliphatic heterocycles. The maximum Gasteiger partial charge on any atom is 0.261 e. The second-order valence-electron chi connectivity index (χ2n) is 5.18. The van der Waals surface area contributed by atoms with Crippen LogP contribution in [0.4, 0.5) is 5.82 Å². The van der Waals surface area contributed by atoms with Crippen molar-refractivity contribution < 1.29 is 9.21 Å². The third-order valence-electron chi connectivity index (χ3n) is 3.62. The Balaban J connectivity index is 2.06. The lowest BCUT2D eigenvalue weighted by Crippen LogP contribution is -2.34. The molecule has 1 unspecified atom stereocenters. The number of rotatable bonds is 4. The lowest BCUT2D eigenvalue weighted by atomic mass is 10.1. The van der Waals surface area contributed by atoms with Gasteiger partial charge in [0.05, 0.1) is 22.9 Å². The quantitative estimate of drug-likeness (QED) is 0.626. The Morgan fingerprint density at radius 2 is 2.00 bits per heavy atom. The summed E-state index contributed by atoms with van der Waals surface area (Å²) in [6.07, 6.45) is 3.20. The van der Waals surface area contributed by atoms with Crippen LogP contribution in [0.25, 0.3) is 0 Å². The number of hydrogen-bond donors (Lipinski definition) is 0. The van der Waals surface area contributed by atoms with Crippen molar-refractivity contribution in [3.8, 4) is 0 Å². The van der Waals surface area contributed by atoms with Gasteiger partial charge in [-0.15, -0.1) is 0 Å². The molecule has 1 aromatic carbocycles. The molecule has 0 radical (unpaired) electrons. The second-order valence-corrected chi connectivity index (χ2v) is 6.02. The van der Waals surface area contributed by atoms with Gasteiger partial charge in [-0.05, 0) is 49.4 Å². The zero-order chi connectivity index (χ0) is 17.1. The van der Waals surface area contributed by atoms with Gasteiger partial charge in [-0.2, -0.15) is 0 Å². The molecular weight excluding hydrogens is 347 g/mol. The number of anilines is 1. The van der Waals surface area contributed by atoms with Gasteiger partial charge in [-0.25, -0.2) is 4.98 Å². The average molecular weight is 361 g/mol. The van der Waals surface area contributed by atoms with Gasteiger partial charge in [0.1, 0.15) is 11.6 Å². The Labute approximate surface area is 149 Å². The highest BCUT2D eigenvalue weighted by Gasteiger charge is 2.28. The van der Waals surface area contributed by atoms with E-state index in [9.17, 15) is 4.79 Å². The van der Waals surface area contributed by atoms with Crippen LogP contribution in [0.2, 0.25) is 10.0 Å². The zero-order valence-corrected chi connectivity index (χ0v) is 14.3. The summed E-state index contributed by atoms with van der Waals surface area (Å²) in [5, 5.41) is 0.764. The Hall–Kier alpha value is -2.30. The van der Waals surface area contributed by atoms with E-state index in [0.29, 0.717) is 27.2 Å². The van der Waals surface area contributed by atoms with Crippen LogP contribution in [0.5, 0.6) is 0 Å². The summed E-state index contributed by atoms with van der Waals surface area (Å²) in [6, 6.07) is 13.4. The topological polar surface area (TPSA) is 46.3 Å². The molecule has 1 atom stereocenters. The van der Waals surface area contributed by atoms with Crippen LogP contribution in [-0.4, -0.2) is 10.9 Å². The minimum Gasteiger partial charge on any atom is -0.467 e. The molecule has 0 N–H and O–H groups in total. The third-order valence-corrected chi connectivity index (χ3v) is 4.17. The number of halogens is 2. The number of carbonyl (C=O) groups is 1. The summed E-state index contributed by atoms with van der Waals surface area (Å²) >= 11 is 12.1. The van der Waals surface area contributed by atoms with Crippen LogP contribution in [0.3, 0.4) is 0 Å². The van der Waals surface area contributed by atoms with Crippen molar-refractivity contribution >= 4 is 34.9 Å². The predicted octanol–water partition coefficient (Wildman–Crippen LogP) is 5.39. The van der Waals surface area contributed by atoms with Crippen LogP contribution in [-0.2, 0) is 0 Å². The summed E-state index contributed by atoms with van der Waals surface area (Å²) in [4.78, 5) is 19.0. The molecule has 3 rings (SSSR count). The molecule has 0 aliphatic carbocycles. The van der Waals surface area contributed by atoms with Crippen molar-refractivity contribution in [1.29, 1.82) is 0 Å². The Kier molecular flexibility index (Phi) is 4.88. The van der Waals surface area contributed by atoms with E-state index in [1.165, 1.54) is 0 Å². The molecule has 0 bridgehead atoms. The number of hydrogen-bond acceptors (Lipinski definition) is 3. The third kappa shape index (κ3) is 3.30. The first-order valence-corrected chi connectivity index (χ1v) is 8.06. The normalized spacial score (nSPS) is 12.0. The molecule has 1 amide bonds. The van der Waals surface area contributed by atoms with Crippen LogP contribution in [0.15, 0.2) is 65.4 Å². The number of amides is 1. The van der Waals surface area contributed by atoms with Gasteiger partial charge in [-0.1, -0.05) is 29.3 Å². The first kappa shape index (κ1) is 16.6. The second kappa shape index (κ2) is 7.07. The highest BCUT2D eigenvalue weighted by atomic mass is 35.5. The number of pyridine rings is 1. The number of carbonyl (C=O) groups excluding carboxylic acids is 1. The monoisotopic (exact) mass is 360 g/mol. The van der Waals surface area contributed by atoms with E-state index < -0.39 is 0 Å². The molecule has 2 heterocycles. The van der Waals surface area contributed by atoms with Crippen molar-refractivity contribution in [2.24, 2.45) is 0 Å². The first-order valence-electron chi connectivity index (χ1n) is 7.31. The molecule has 0 saturated carbocycles. The van der Waals surface area contributed by atoms with Crippen molar-refractivity contribution in [3.05, 3.63) is 82.4 Å². The molecule has 0 spiro atoms. The van der Waals surface area contributed by atoms with Gasteiger partial charge in [0.25, 0.3) is 5.91 Å². The highest BCUT2D eigenvalue weighted by Crippen LogP contribution is 2.30. The first-order chi connectivity index (χ1) is 11.6. The fourth-order valence-corrected chi connectivity index (χ4v) is 2.91. The summed E-state index contributed by atoms with van der Waals surface area (Å²) in [5.41, 5.74) is 0.352. The van der Waals surface area contributed by atoms with E-state index in [1.54, 1.807) is 53.8 Å². The molecular formula is C18H14Cl2N2O2. The maximum atomic E-state index is 13.1. The lowest BCUT2D eigenvalue weighted by Gasteiger charge is -2.27. The van der Waals surface area contributed by atoms with E-state index in [1.807, 2.05) is 19.1 Å². The summed E-state index contributed by atoms with van der Waals surface area (Å²) in [6.45, 7) is 1.87. The largest absolute Gasteiger partial charge is 0.467 e. The predicted molar refractivity (Wildman–Crippen MR) is 94.6 cm³/mol. The average Bonchev–Trinajstić information content (AvgIpc) is 3.10. The van der Waals surface area contributed by atoms with Crippen molar-refractivity contribution in [3.63, 3.8) is 0 Å². The Bertz CT molecular complexity index is 835. The van der Waals surface area contributed by atoms with Crippen LogP contribution >= 0.6 is 23.2 Å². The molecule has 0 saturated heterocycles. The zero-order valence-electron chi connectivity index (χ0n) is 12.8. The van der Waals surface area contributed by atoms with Gasteiger partial charge in [0.15, 0.2) is 0 Å². The van der Waals surface area contributed by atoms with Gasteiger partial charge in [0, 0.05) is 11.2 Å². The standard InChI is InChI=1S/C18H14Cl2N2O2/c1-12(16-5-4-10-24-16)22(17-6-2-3-9-21-17)18(23)14-8-7-13(19)11-15(14)20/h2-12H,1H3. The smallest absolute Gasteiger partial charge is 0.261 e. The maximum absolute atomic E-state index is 13.1. The van der Waals surface area contributed by atoms with Gasteiger partial charge in [0.2, 0.25) is 0 Å². The minimum atomic E-state index is -0.353. The van der Waals surface area contributed by atoms with Crippen LogP contribution in [0.1, 0.15) is 29.1 Å². The summed E-state index contributed by atoms with van der Waals surface area (Å²) in [5.74, 6) is 0.885. The van der Waals surface area contributed by atoms with Gasteiger partial charge in [-0.3, -0.25) is 9.69 Å². The molecule has 2 aromatic heterocycles. The minimum absolute atomic E-state index is 0.278. The molecule has 6 heteroatoms. The Morgan fingerprint density at radius 1 is 1.17 bits per heavy atom. The Morgan fingerprint density at radius 3 is 2.62 bits per heavy atom. The number of benzene rings is 1. The van der Waals surface area contributed by atoms with Crippen molar-refractivity contribution in [1.82, 2.24) is 4.98 Å². The van der Waals surface area contributed by atoms with Crippen LogP contribution in [0, 0.1) is 0 Å². The van der Waals surface area contributed by atoms with E-state index in [2.05, 4.69) is 4.98 Å². The molecule has 24 heavy (non-hydrogen) atoms. The van der Waals surface area contributed by atoms with Gasteiger partial charge >= 0.3 is 0 Å². The van der Waals surface area contributed by atoms with Crippen molar-refractivity contribution in [2.45, 2.75) is 13.0 Å². The fourth-order valence-electron chi connectivity index (χ4n) is 2.42. The summed E-state index contributed by atoms with van der Waals surface area (Å²) in [7, 11) is 0. The number of furan rings is 1. The molecule has 0 aliphatic rings. The number of aromatic nitrogens is 1. The van der Waals surface area contributed by atoms with E-state index in [-0.39, 0.29) is 11.9 Å². The van der Waals surface area contributed by atoms with E-state index in [0.717, 1.165) is 0 Å².